The molecule has 0 fully saturated rings. The monoisotopic (exact) mass is 367 g/mol. The highest BCUT2D eigenvalue weighted by atomic mass is 16.5. The number of carbonyl (C=O) groups is 1. The molecular weight excluding hydrogens is 334 g/mol. The zero-order valence-electron chi connectivity index (χ0n) is 16.4. The maximum atomic E-state index is 11.3. The largest absolute Gasteiger partial charge is 0.494 e. The van der Waals surface area contributed by atoms with Crippen molar-refractivity contribution < 1.29 is 24.1 Å². The minimum absolute atomic E-state index is 0.146. The molecule has 0 aliphatic heterocycles. The molecule has 2 atom stereocenters. The van der Waals surface area contributed by atoms with Gasteiger partial charge in [-0.25, -0.2) is 0 Å². The summed E-state index contributed by atoms with van der Waals surface area (Å²) in [5.41, 5.74) is 6.61. The highest BCUT2D eigenvalue weighted by Crippen LogP contribution is 2.38. The Morgan fingerprint density at radius 1 is 1.08 bits per heavy atom. The van der Waals surface area contributed by atoms with Crippen LogP contribution in [0.3, 0.4) is 0 Å². The molecule has 6 heteroatoms. The van der Waals surface area contributed by atoms with Gasteiger partial charge >= 0.3 is 5.97 Å². The lowest BCUT2D eigenvalue weighted by molar-refractivity contribution is -0.142. The first kappa shape index (κ1) is 22.1. The van der Waals surface area contributed by atoms with Crippen molar-refractivity contribution in [3.63, 3.8) is 0 Å². The molecule has 1 rings (SSSR count). The Kier molecular flexibility index (Phi) is 9.88. The van der Waals surface area contributed by atoms with Crippen molar-refractivity contribution in [1.82, 2.24) is 0 Å². The van der Waals surface area contributed by atoms with Crippen molar-refractivity contribution in [1.29, 1.82) is 0 Å². The number of rotatable bonds is 13. The van der Waals surface area contributed by atoms with E-state index in [4.69, 9.17) is 19.9 Å². The van der Waals surface area contributed by atoms with Gasteiger partial charge in [-0.1, -0.05) is 13.3 Å². The summed E-state index contributed by atoms with van der Waals surface area (Å²) >= 11 is 0. The molecule has 0 aromatic heterocycles. The zero-order valence-corrected chi connectivity index (χ0v) is 16.4. The van der Waals surface area contributed by atoms with E-state index in [0.717, 1.165) is 23.5 Å². The molecule has 1 aromatic carbocycles. The molecule has 0 radical (unpaired) electrons. The van der Waals surface area contributed by atoms with Gasteiger partial charge in [0, 0.05) is 18.2 Å². The van der Waals surface area contributed by atoms with E-state index in [-0.39, 0.29) is 12.5 Å². The Morgan fingerprint density at radius 2 is 1.73 bits per heavy atom. The van der Waals surface area contributed by atoms with Crippen LogP contribution in [0.5, 0.6) is 17.2 Å². The van der Waals surface area contributed by atoms with Crippen LogP contribution in [-0.4, -0.2) is 37.4 Å². The van der Waals surface area contributed by atoms with Crippen LogP contribution in [0.25, 0.3) is 0 Å². The predicted octanol–water partition coefficient (Wildman–Crippen LogP) is 3.50. The molecule has 0 saturated heterocycles. The van der Waals surface area contributed by atoms with Gasteiger partial charge in [0.25, 0.3) is 0 Å². The summed E-state index contributed by atoms with van der Waals surface area (Å²) in [6, 6.07) is 3.82. The maximum absolute atomic E-state index is 11.3. The SMILES string of the molecule is CCOc1cc(CC(CC)CC(CN)C(=O)O)c(OCC)c(OCC)c1. The lowest BCUT2D eigenvalue weighted by atomic mass is 9.87. The van der Waals surface area contributed by atoms with Crippen molar-refractivity contribution in [3.8, 4) is 17.2 Å². The van der Waals surface area contributed by atoms with Crippen LogP contribution in [-0.2, 0) is 11.2 Å². The Morgan fingerprint density at radius 3 is 2.23 bits per heavy atom. The smallest absolute Gasteiger partial charge is 0.307 e. The van der Waals surface area contributed by atoms with Gasteiger partial charge in [-0.05, 0) is 45.6 Å². The third kappa shape index (κ3) is 6.41. The van der Waals surface area contributed by atoms with E-state index in [1.165, 1.54) is 0 Å². The minimum atomic E-state index is -0.839. The second-order valence-corrected chi connectivity index (χ2v) is 6.19. The van der Waals surface area contributed by atoms with Crippen LogP contribution in [0.2, 0.25) is 0 Å². The Balaban J connectivity index is 3.17. The molecule has 0 aliphatic rings. The summed E-state index contributed by atoms with van der Waals surface area (Å²) < 4.78 is 17.3. The van der Waals surface area contributed by atoms with Crippen molar-refractivity contribution in [2.75, 3.05) is 26.4 Å². The molecule has 0 amide bonds. The van der Waals surface area contributed by atoms with E-state index >= 15 is 0 Å². The first-order chi connectivity index (χ1) is 12.5. The van der Waals surface area contributed by atoms with Crippen molar-refractivity contribution >= 4 is 5.97 Å². The number of nitrogens with two attached hydrogens (primary N) is 1. The lowest BCUT2D eigenvalue weighted by Gasteiger charge is -2.22. The molecule has 0 aliphatic carbocycles. The maximum Gasteiger partial charge on any atom is 0.307 e. The topological polar surface area (TPSA) is 91.0 Å². The van der Waals surface area contributed by atoms with E-state index < -0.39 is 11.9 Å². The van der Waals surface area contributed by atoms with Gasteiger partial charge in [0.05, 0.1) is 25.7 Å². The average molecular weight is 367 g/mol. The van der Waals surface area contributed by atoms with Gasteiger partial charge in [0.1, 0.15) is 5.75 Å². The summed E-state index contributed by atoms with van der Waals surface area (Å²) in [4.78, 5) is 11.3. The number of ether oxygens (including phenoxy) is 3. The minimum Gasteiger partial charge on any atom is -0.494 e. The zero-order chi connectivity index (χ0) is 19.5. The van der Waals surface area contributed by atoms with Gasteiger partial charge in [-0.2, -0.15) is 0 Å². The molecule has 0 saturated carbocycles. The lowest BCUT2D eigenvalue weighted by Crippen LogP contribution is -2.26. The van der Waals surface area contributed by atoms with E-state index in [1.807, 2.05) is 32.9 Å². The standard InChI is InChI=1S/C20H33NO5/c1-5-14(10-16(13-21)20(22)23)9-15-11-17(24-6-2)12-18(25-7-3)19(15)26-8-4/h11-12,14,16H,5-10,13,21H2,1-4H3,(H,22,23). The number of carboxylic acid groups (broad SMARTS) is 1. The van der Waals surface area contributed by atoms with Crippen LogP contribution in [0.4, 0.5) is 0 Å². The third-order valence-corrected chi connectivity index (χ3v) is 4.34. The summed E-state index contributed by atoms with van der Waals surface area (Å²) in [6.45, 7) is 9.62. The van der Waals surface area contributed by atoms with E-state index in [0.29, 0.717) is 38.4 Å². The first-order valence-electron chi connectivity index (χ1n) is 9.48. The molecule has 6 nitrogen and oxygen atoms in total. The van der Waals surface area contributed by atoms with E-state index in [2.05, 4.69) is 6.92 Å². The van der Waals surface area contributed by atoms with Crippen molar-refractivity contribution in [3.05, 3.63) is 17.7 Å². The first-order valence-corrected chi connectivity index (χ1v) is 9.48. The summed E-state index contributed by atoms with van der Waals surface area (Å²) in [6.07, 6.45) is 2.09. The summed E-state index contributed by atoms with van der Waals surface area (Å²) in [5, 5.41) is 9.31. The number of hydrogen-bond donors (Lipinski definition) is 2. The quantitative estimate of drug-likeness (QED) is 0.554. The molecule has 0 heterocycles. The fourth-order valence-corrected chi connectivity index (χ4v) is 3.01. The molecule has 0 bridgehead atoms. The van der Waals surface area contributed by atoms with Crippen LogP contribution >= 0.6 is 0 Å². The summed E-state index contributed by atoms with van der Waals surface area (Å²) in [7, 11) is 0. The number of benzene rings is 1. The molecule has 2 unspecified atom stereocenters. The third-order valence-electron chi connectivity index (χ3n) is 4.34. The number of hydrogen-bond acceptors (Lipinski definition) is 5. The molecule has 26 heavy (non-hydrogen) atoms. The summed E-state index contributed by atoms with van der Waals surface area (Å²) in [5.74, 6) is 0.934. The molecule has 1 aromatic rings. The molecule has 3 N–H and O–H groups in total. The average Bonchev–Trinajstić information content (AvgIpc) is 2.61. The van der Waals surface area contributed by atoms with Gasteiger partial charge < -0.3 is 25.1 Å². The molecular formula is C20H33NO5. The van der Waals surface area contributed by atoms with Crippen molar-refractivity contribution in [2.24, 2.45) is 17.6 Å². The predicted molar refractivity (Wildman–Crippen MR) is 102 cm³/mol. The van der Waals surface area contributed by atoms with Crippen LogP contribution in [0.15, 0.2) is 12.1 Å². The van der Waals surface area contributed by atoms with Gasteiger partial charge in [0.2, 0.25) is 0 Å². The second-order valence-electron chi connectivity index (χ2n) is 6.19. The van der Waals surface area contributed by atoms with Crippen LogP contribution < -0.4 is 19.9 Å². The fraction of sp³-hybridized carbons (Fsp3) is 0.650. The van der Waals surface area contributed by atoms with Gasteiger partial charge in [0.15, 0.2) is 11.5 Å². The van der Waals surface area contributed by atoms with Crippen LogP contribution in [0.1, 0.15) is 46.1 Å². The van der Waals surface area contributed by atoms with E-state index in [9.17, 15) is 9.90 Å². The molecule has 148 valence electrons. The molecule has 0 spiro atoms. The fourth-order valence-electron chi connectivity index (χ4n) is 3.01. The Labute approximate surface area is 156 Å². The van der Waals surface area contributed by atoms with Gasteiger partial charge in [-0.3, -0.25) is 4.79 Å². The number of aliphatic carboxylic acids is 1. The van der Waals surface area contributed by atoms with Crippen LogP contribution in [0, 0.1) is 11.8 Å². The van der Waals surface area contributed by atoms with Crippen molar-refractivity contribution in [2.45, 2.75) is 47.0 Å². The normalized spacial score (nSPS) is 13.1. The highest BCUT2D eigenvalue weighted by molar-refractivity contribution is 5.70. The van der Waals surface area contributed by atoms with E-state index in [1.54, 1.807) is 0 Å². The Bertz CT molecular complexity index is 561. The second kappa shape index (κ2) is 11.6. The Hall–Kier alpha value is -1.95. The highest BCUT2D eigenvalue weighted by Gasteiger charge is 2.23. The number of carboxylic acids is 1. The van der Waals surface area contributed by atoms with Gasteiger partial charge in [-0.15, -0.1) is 0 Å².